The Hall–Kier alpha value is -2.93. The number of rotatable bonds is 5. The van der Waals surface area contributed by atoms with Gasteiger partial charge >= 0.3 is 0 Å². The summed E-state index contributed by atoms with van der Waals surface area (Å²) in [5.41, 5.74) is 4.99. The zero-order valence-corrected chi connectivity index (χ0v) is 14.0. The number of pyridine rings is 1. The SMILES string of the molecule is CC(/C=C\c1ccccc1)=C/C[n+]1ccc(-c2ccccc2)cc1. The Morgan fingerprint density at radius 1 is 0.792 bits per heavy atom. The van der Waals surface area contributed by atoms with Crippen LogP contribution in [0.5, 0.6) is 0 Å². The normalized spacial score (nSPS) is 11.8. The van der Waals surface area contributed by atoms with Crippen molar-refractivity contribution in [2.75, 3.05) is 0 Å². The lowest BCUT2D eigenvalue weighted by Gasteiger charge is -2.00. The maximum atomic E-state index is 2.24. The van der Waals surface area contributed by atoms with Gasteiger partial charge in [0, 0.05) is 12.1 Å². The van der Waals surface area contributed by atoms with E-state index in [-0.39, 0.29) is 0 Å². The van der Waals surface area contributed by atoms with Gasteiger partial charge in [-0.1, -0.05) is 72.8 Å². The third kappa shape index (κ3) is 4.53. The van der Waals surface area contributed by atoms with Gasteiger partial charge in [0.15, 0.2) is 18.9 Å². The Morgan fingerprint density at radius 3 is 2.04 bits per heavy atom. The van der Waals surface area contributed by atoms with Crippen molar-refractivity contribution in [2.24, 2.45) is 0 Å². The van der Waals surface area contributed by atoms with Gasteiger partial charge in [0.25, 0.3) is 0 Å². The zero-order valence-electron chi connectivity index (χ0n) is 14.0. The molecule has 3 rings (SSSR count). The van der Waals surface area contributed by atoms with E-state index < -0.39 is 0 Å². The van der Waals surface area contributed by atoms with E-state index in [1.54, 1.807) is 0 Å². The molecular weight excluding hydrogens is 290 g/mol. The quantitative estimate of drug-likeness (QED) is 0.444. The maximum Gasteiger partial charge on any atom is 0.169 e. The lowest BCUT2D eigenvalue weighted by molar-refractivity contribution is -0.687. The monoisotopic (exact) mass is 312 g/mol. The summed E-state index contributed by atoms with van der Waals surface area (Å²) >= 11 is 0. The van der Waals surface area contributed by atoms with Crippen molar-refractivity contribution >= 4 is 6.08 Å². The Morgan fingerprint density at radius 2 is 1.38 bits per heavy atom. The van der Waals surface area contributed by atoms with Crippen molar-refractivity contribution in [3.05, 3.63) is 108 Å². The van der Waals surface area contributed by atoms with E-state index in [0.717, 1.165) is 6.54 Å². The van der Waals surface area contributed by atoms with Crippen LogP contribution in [0.15, 0.2) is 103 Å². The van der Waals surface area contributed by atoms with Gasteiger partial charge < -0.3 is 0 Å². The minimum Gasteiger partial charge on any atom is -0.201 e. The molecule has 1 heteroatoms. The molecule has 1 heterocycles. The van der Waals surface area contributed by atoms with Crippen molar-refractivity contribution in [1.82, 2.24) is 0 Å². The topological polar surface area (TPSA) is 3.88 Å². The van der Waals surface area contributed by atoms with Crippen LogP contribution in [-0.4, -0.2) is 0 Å². The number of benzene rings is 2. The predicted molar refractivity (Wildman–Crippen MR) is 101 cm³/mol. The number of hydrogen-bond donors (Lipinski definition) is 0. The highest BCUT2D eigenvalue weighted by atomic mass is 14.9. The standard InChI is InChI=1S/C23H22N/c1-20(12-13-21-8-4-2-5-9-21)14-17-24-18-15-23(16-19-24)22-10-6-3-7-11-22/h2-16,18-19H,17H2,1H3/q+1/b13-12-,20-14-. The summed E-state index contributed by atoms with van der Waals surface area (Å²) in [5.74, 6) is 0. The fourth-order valence-corrected chi connectivity index (χ4v) is 2.51. The molecule has 1 nitrogen and oxygen atoms in total. The largest absolute Gasteiger partial charge is 0.201 e. The van der Waals surface area contributed by atoms with Crippen LogP contribution in [0.2, 0.25) is 0 Å². The summed E-state index contributed by atoms with van der Waals surface area (Å²) in [6.45, 7) is 3.01. The second-order valence-corrected chi connectivity index (χ2v) is 5.84. The molecule has 0 unspecified atom stereocenters. The fourth-order valence-electron chi connectivity index (χ4n) is 2.51. The molecule has 0 spiro atoms. The van der Waals surface area contributed by atoms with Crippen LogP contribution in [0.4, 0.5) is 0 Å². The molecule has 0 aliphatic rings. The van der Waals surface area contributed by atoms with Gasteiger partial charge in [-0.15, -0.1) is 0 Å². The maximum absolute atomic E-state index is 2.24. The fraction of sp³-hybridized carbons (Fsp3) is 0.0870. The first-order valence-electron chi connectivity index (χ1n) is 8.26. The van der Waals surface area contributed by atoms with Crippen LogP contribution in [-0.2, 0) is 6.54 Å². The number of nitrogens with zero attached hydrogens (tertiary/aromatic N) is 1. The van der Waals surface area contributed by atoms with Crippen LogP contribution in [0.3, 0.4) is 0 Å². The van der Waals surface area contributed by atoms with Crippen molar-refractivity contribution < 1.29 is 4.57 Å². The third-order valence-electron chi connectivity index (χ3n) is 3.96. The first-order chi connectivity index (χ1) is 11.8. The van der Waals surface area contributed by atoms with E-state index in [4.69, 9.17) is 0 Å². The molecule has 0 N–H and O–H groups in total. The van der Waals surface area contributed by atoms with E-state index in [1.165, 1.54) is 22.3 Å². The predicted octanol–water partition coefficient (Wildman–Crippen LogP) is 5.30. The summed E-state index contributed by atoms with van der Waals surface area (Å²) < 4.78 is 2.19. The Bertz CT molecular complexity index is 813. The molecule has 24 heavy (non-hydrogen) atoms. The molecule has 3 aromatic rings. The van der Waals surface area contributed by atoms with E-state index in [0.29, 0.717) is 0 Å². The highest BCUT2D eigenvalue weighted by Crippen LogP contribution is 2.16. The molecular formula is C23H22N+. The van der Waals surface area contributed by atoms with Gasteiger partial charge in [-0.3, -0.25) is 0 Å². The van der Waals surface area contributed by atoms with Gasteiger partial charge in [0.1, 0.15) is 0 Å². The molecule has 0 amide bonds. The van der Waals surface area contributed by atoms with E-state index >= 15 is 0 Å². The third-order valence-corrected chi connectivity index (χ3v) is 3.96. The van der Waals surface area contributed by atoms with Crippen LogP contribution in [0.1, 0.15) is 12.5 Å². The van der Waals surface area contributed by atoms with E-state index in [1.807, 2.05) is 12.1 Å². The molecule has 0 saturated carbocycles. The van der Waals surface area contributed by atoms with Gasteiger partial charge in [-0.05, 0) is 35.3 Å². The molecule has 118 valence electrons. The lowest BCUT2D eigenvalue weighted by atomic mass is 10.1. The van der Waals surface area contributed by atoms with Gasteiger partial charge in [0.2, 0.25) is 0 Å². The Labute approximate surface area is 144 Å². The van der Waals surface area contributed by atoms with E-state index in [2.05, 4.69) is 103 Å². The second kappa shape index (κ2) is 8.07. The second-order valence-electron chi connectivity index (χ2n) is 5.84. The summed E-state index contributed by atoms with van der Waals surface area (Å²) in [6, 6.07) is 25.2. The van der Waals surface area contributed by atoms with Crippen LogP contribution >= 0.6 is 0 Å². The van der Waals surface area contributed by atoms with Gasteiger partial charge in [0.05, 0.1) is 0 Å². The smallest absolute Gasteiger partial charge is 0.169 e. The molecule has 0 atom stereocenters. The van der Waals surface area contributed by atoms with Crippen molar-refractivity contribution in [3.8, 4) is 11.1 Å². The Kier molecular flexibility index (Phi) is 5.36. The number of aromatic nitrogens is 1. The van der Waals surface area contributed by atoms with Crippen LogP contribution in [0.25, 0.3) is 17.2 Å². The minimum absolute atomic E-state index is 0.875. The Balaban J connectivity index is 1.63. The summed E-state index contributed by atoms with van der Waals surface area (Å²) in [4.78, 5) is 0. The molecule has 0 aliphatic heterocycles. The molecule has 1 aromatic heterocycles. The van der Waals surface area contributed by atoms with Gasteiger partial charge in [-0.2, -0.15) is 0 Å². The summed E-state index contributed by atoms with van der Waals surface area (Å²) in [6.07, 6.45) is 10.8. The van der Waals surface area contributed by atoms with Crippen LogP contribution < -0.4 is 4.57 Å². The first-order valence-corrected chi connectivity index (χ1v) is 8.26. The van der Waals surface area contributed by atoms with Crippen LogP contribution in [0, 0.1) is 0 Å². The summed E-state index contributed by atoms with van der Waals surface area (Å²) in [7, 11) is 0. The molecule has 0 aliphatic carbocycles. The molecule has 0 bridgehead atoms. The minimum atomic E-state index is 0.875. The first kappa shape index (κ1) is 15.9. The lowest BCUT2D eigenvalue weighted by Crippen LogP contribution is -2.31. The van der Waals surface area contributed by atoms with Gasteiger partial charge in [-0.25, -0.2) is 4.57 Å². The average Bonchev–Trinajstić information content (AvgIpc) is 2.67. The van der Waals surface area contributed by atoms with Crippen molar-refractivity contribution in [1.29, 1.82) is 0 Å². The van der Waals surface area contributed by atoms with Crippen molar-refractivity contribution in [3.63, 3.8) is 0 Å². The molecule has 0 radical (unpaired) electrons. The number of hydrogen-bond acceptors (Lipinski definition) is 0. The molecule has 2 aromatic carbocycles. The highest BCUT2D eigenvalue weighted by molar-refractivity contribution is 5.61. The van der Waals surface area contributed by atoms with E-state index in [9.17, 15) is 0 Å². The molecule has 0 fully saturated rings. The van der Waals surface area contributed by atoms with Crippen molar-refractivity contribution in [2.45, 2.75) is 13.5 Å². The summed E-state index contributed by atoms with van der Waals surface area (Å²) in [5, 5.41) is 0. The molecule has 0 saturated heterocycles. The zero-order chi connectivity index (χ0) is 16.6. The number of allylic oxidation sites excluding steroid dienone is 3. The average molecular weight is 312 g/mol. The highest BCUT2D eigenvalue weighted by Gasteiger charge is 2.01.